The Labute approximate surface area is 185 Å². The number of carbonyl (C=O) groups is 1. The van der Waals surface area contributed by atoms with Crippen LogP contribution in [0.5, 0.6) is 0 Å². The number of nitrogens with one attached hydrogen (secondary N) is 1. The Bertz CT molecular complexity index is 1210. The molecule has 1 aromatic carbocycles. The molecule has 0 amide bonds. The van der Waals surface area contributed by atoms with Crippen LogP contribution in [0.15, 0.2) is 17.1 Å². The number of carboxylic acid groups (broad SMARTS) is 1. The van der Waals surface area contributed by atoms with E-state index in [1.54, 1.807) is 0 Å². The third-order valence-electron chi connectivity index (χ3n) is 7.14. The number of ether oxygens (including phenoxy) is 1. The summed E-state index contributed by atoms with van der Waals surface area (Å²) in [5, 5.41) is 16.9. The SMILES string of the molecule is O=C(O)c1c(NC2CCCCO2)sc2c1C1Cc3cc4c(cc3=CN=C2)CC(CC=4)C1. The van der Waals surface area contributed by atoms with Gasteiger partial charge in [0.1, 0.15) is 11.2 Å². The minimum Gasteiger partial charge on any atom is -0.478 e. The van der Waals surface area contributed by atoms with Gasteiger partial charge in [-0.05, 0) is 90.0 Å². The molecule has 5 nitrogen and oxygen atoms in total. The van der Waals surface area contributed by atoms with E-state index in [2.05, 4.69) is 28.5 Å². The zero-order valence-corrected chi connectivity index (χ0v) is 18.2. The predicted molar refractivity (Wildman–Crippen MR) is 124 cm³/mol. The van der Waals surface area contributed by atoms with Crippen LogP contribution in [0.4, 0.5) is 5.00 Å². The molecule has 0 saturated carbocycles. The maximum atomic E-state index is 12.5. The van der Waals surface area contributed by atoms with Crippen molar-refractivity contribution in [3.63, 3.8) is 0 Å². The molecule has 4 aliphatic carbocycles. The fourth-order valence-corrected chi connectivity index (χ4v) is 6.89. The van der Waals surface area contributed by atoms with Crippen LogP contribution in [0.3, 0.4) is 0 Å². The summed E-state index contributed by atoms with van der Waals surface area (Å²) in [5.74, 6) is -0.139. The van der Waals surface area contributed by atoms with Crippen molar-refractivity contribution in [3.8, 4) is 0 Å². The van der Waals surface area contributed by atoms with Crippen molar-refractivity contribution in [3.05, 3.63) is 49.7 Å². The second-order valence-corrected chi connectivity index (χ2v) is 10.2. The minimum absolute atomic E-state index is 0.117. The number of benzene rings is 1. The summed E-state index contributed by atoms with van der Waals surface area (Å²) < 4.78 is 5.85. The Hall–Kier alpha value is -2.44. The van der Waals surface area contributed by atoms with E-state index in [-0.39, 0.29) is 12.1 Å². The summed E-state index contributed by atoms with van der Waals surface area (Å²) in [5.41, 5.74) is 4.06. The highest BCUT2D eigenvalue weighted by Crippen LogP contribution is 2.43. The highest BCUT2D eigenvalue weighted by Gasteiger charge is 2.33. The van der Waals surface area contributed by atoms with Gasteiger partial charge in [0, 0.05) is 19.0 Å². The summed E-state index contributed by atoms with van der Waals surface area (Å²) in [4.78, 5) is 18.1. The molecule has 2 aliphatic heterocycles. The number of anilines is 1. The van der Waals surface area contributed by atoms with Gasteiger partial charge in [0.15, 0.2) is 0 Å². The Morgan fingerprint density at radius 3 is 2.90 bits per heavy atom. The molecule has 3 atom stereocenters. The van der Waals surface area contributed by atoms with Crippen LogP contribution in [0.2, 0.25) is 0 Å². The van der Waals surface area contributed by atoms with E-state index in [4.69, 9.17) is 4.74 Å². The van der Waals surface area contributed by atoms with Crippen molar-refractivity contribution in [1.82, 2.24) is 0 Å². The molecule has 0 radical (unpaired) electrons. The van der Waals surface area contributed by atoms with E-state index in [0.717, 1.165) is 62.0 Å². The van der Waals surface area contributed by atoms with E-state index in [0.29, 0.717) is 16.5 Å². The van der Waals surface area contributed by atoms with E-state index < -0.39 is 5.97 Å². The first-order valence-corrected chi connectivity index (χ1v) is 12.1. The van der Waals surface area contributed by atoms with E-state index in [1.165, 1.54) is 32.9 Å². The zero-order chi connectivity index (χ0) is 20.9. The number of carboxylic acids is 1. The lowest BCUT2D eigenvalue weighted by Gasteiger charge is -2.25. The van der Waals surface area contributed by atoms with Crippen LogP contribution in [0.25, 0.3) is 12.3 Å². The summed E-state index contributed by atoms with van der Waals surface area (Å²) in [6.07, 6.45) is 13.1. The van der Waals surface area contributed by atoms with Crippen LogP contribution in [0, 0.1) is 5.92 Å². The number of rotatable bonds is 3. The molecular weight excluding hydrogens is 408 g/mol. The lowest BCUT2D eigenvalue weighted by atomic mass is 9.80. The van der Waals surface area contributed by atoms with Crippen molar-refractivity contribution in [2.75, 3.05) is 11.9 Å². The van der Waals surface area contributed by atoms with Crippen molar-refractivity contribution in [2.45, 2.75) is 57.1 Å². The number of hydrogen-bond donors (Lipinski definition) is 2. The van der Waals surface area contributed by atoms with Crippen LogP contribution in [-0.2, 0) is 17.6 Å². The van der Waals surface area contributed by atoms with Gasteiger partial charge in [-0.1, -0.05) is 12.1 Å². The summed E-state index contributed by atoms with van der Waals surface area (Å²) in [7, 11) is 0. The van der Waals surface area contributed by atoms with Gasteiger partial charge < -0.3 is 15.2 Å². The quantitative estimate of drug-likeness (QED) is 0.774. The summed E-state index contributed by atoms with van der Waals surface area (Å²) >= 11 is 1.51. The molecule has 1 saturated heterocycles. The molecule has 1 aromatic heterocycles. The Morgan fingerprint density at radius 1 is 1.19 bits per heavy atom. The highest BCUT2D eigenvalue weighted by molar-refractivity contribution is 7.18. The van der Waals surface area contributed by atoms with Gasteiger partial charge in [0.25, 0.3) is 0 Å². The molecule has 6 heteroatoms. The van der Waals surface area contributed by atoms with Crippen molar-refractivity contribution in [1.29, 1.82) is 0 Å². The van der Waals surface area contributed by atoms with Gasteiger partial charge >= 0.3 is 5.97 Å². The molecular formula is C25H26N2O3S. The fourth-order valence-electron chi connectivity index (χ4n) is 5.69. The maximum absolute atomic E-state index is 12.5. The normalized spacial score (nSPS) is 25.9. The molecule has 6 aliphatic rings. The molecule has 0 spiro atoms. The predicted octanol–water partition coefficient (Wildman–Crippen LogP) is 3.63. The second-order valence-electron chi connectivity index (χ2n) is 9.19. The van der Waals surface area contributed by atoms with Crippen LogP contribution >= 0.6 is 11.3 Å². The Balaban J connectivity index is 1.50. The van der Waals surface area contributed by atoms with Crippen LogP contribution in [-0.4, -0.2) is 30.1 Å². The highest BCUT2D eigenvalue weighted by atomic mass is 32.1. The first kappa shape index (κ1) is 19.3. The van der Waals surface area contributed by atoms with Crippen LogP contribution in [0.1, 0.15) is 69.9 Å². The number of aromatic carboxylic acids is 1. The molecule has 1 fully saturated rings. The molecule has 6 bridgehead atoms. The number of hydrogen-bond acceptors (Lipinski definition) is 5. The Kier molecular flexibility index (Phi) is 4.73. The van der Waals surface area contributed by atoms with Crippen molar-refractivity contribution < 1.29 is 14.6 Å². The van der Waals surface area contributed by atoms with E-state index in [1.807, 2.05) is 12.4 Å². The number of nitrogens with zero attached hydrogens (tertiary/aromatic N) is 1. The lowest BCUT2D eigenvalue weighted by molar-refractivity contribution is 0.0344. The van der Waals surface area contributed by atoms with E-state index >= 15 is 0 Å². The van der Waals surface area contributed by atoms with Gasteiger partial charge in [-0.3, -0.25) is 4.99 Å². The van der Waals surface area contributed by atoms with Crippen molar-refractivity contribution in [2.24, 2.45) is 10.9 Å². The zero-order valence-electron chi connectivity index (χ0n) is 17.4. The lowest BCUT2D eigenvalue weighted by Crippen LogP contribution is -2.27. The fraction of sp³-hybridized carbons (Fsp3) is 0.440. The third kappa shape index (κ3) is 3.42. The van der Waals surface area contributed by atoms with Gasteiger partial charge in [0.05, 0.1) is 10.4 Å². The van der Waals surface area contributed by atoms with Gasteiger partial charge in [0.2, 0.25) is 0 Å². The molecule has 3 unspecified atom stereocenters. The standard InChI is InChI=1S/C25H26N2O3S/c28-25(29)23-22-18-8-14-4-5-15-9-17(10-18)19(11-16(15)7-14)12-26-13-20(22)31-24(23)27-21-3-1-2-6-30-21/h5,9,11-14,18,21,27H,1-4,6-8,10H2,(H,28,29). The maximum Gasteiger partial charge on any atom is 0.339 e. The third-order valence-corrected chi connectivity index (χ3v) is 8.21. The number of thiophene rings is 1. The number of aliphatic imine (C=N–C) groups is 1. The summed E-state index contributed by atoms with van der Waals surface area (Å²) in [6.45, 7) is 0.726. The first-order chi connectivity index (χ1) is 15.2. The second kappa shape index (κ2) is 7.61. The first-order valence-electron chi connectivity index (χ1n) is 11.3. The summed E-state index contributed by atoms with van der Waals surface area (Å²) in [6, 6.07) is 4.62. The van der Waals surface area contributed by atoms with Crippen molar-refractivity contribution >= 4 is 40.8 Å². The number of fused-ring (bicyclic) bond motifs is 2. The van der Waals surface area contributed by atoms with E-state index in [9.17, 15) is 9.90 Å². The van der Waals surface area contributed by atoms with Gasteiger partial charge in [-0.2, -0.15) is 0 Å². The molecule has 2 N–H and O–H groups in total. The smallest absolute Gasteiger partial charge is 0.339 e. The average molecular weight is 435 g/mol. The molecule has 31 heavy (non-hydrogen) atoms. The molecule has 3 heterocycles. The van der Waals surface area contributed by atoms with Crippen LogP contribution < -0.4 is 15.8 Å². The minimum atomic E-state index is -0.860. The Morgan fingerprint density at radius 2 is 2.06 bits per heavy atom. The molecule has 2 aromatic rings. The van der Waals surface area contributed by atoms with Gasteiger partial charge in [-0.15, -0.1) is 11.3 Å². The average Bonchev–Trinajstić information content (AvgIpc) is 3.20. The topological polar surface area (TPSA) is 70.9 Å². The molecule has 160 valence electrons. The monoisotopic (exact) mass is 434 g/mol. The van der Waals surface area contributed by atoms with Gasteiger partial charge in [-0.25, -0.2) is 4.79 Å². The molecule has 8 rings (SSSR count). The largest absolute Gasteiger partial charge is 0.478 e.